The van der Waals surface area contributed by atoms with Gasteiger partial charge < -0.3 is 20.6 Å². The van der Waals surface area contributed by atoms with E-state index in [0.717, 1.165) is 35.2 Å². The molecule has 0 spiro atoms. The van der Waals surface area contributed by atoms with Crippen LogP contribution in [0.1, 0.15) is 72.0 Å². The average molecular weight is 494 g/mol. The van der Waals surface area contributed by atoms with Crippen molar-refractivity contribution in [3.05, 3.63) is 64.7 Å². The number of piperidine rings is 1. The van der Waals surface area contributed by atoms with Crippen LogP contribution in [-0.4, -0.2) is 40.6 Å². The molecule has 0 radical (unpaired) electrons. The third kappa shape index (κ3) is 5.74. The van der Waals surface area contributed by atoms with Crippen LogP contribution in [0.25, 0.3) is 0 Å². The maximum absolute atomic E-state index is 13.0. The van der Waals surface area contributed by atoms with Gasteiger partial charge in [0.25, 0.3) is 5.91 Å². The van der Waals surface area contributed by atoms with Crippen LogP contribution < -0.4 is 10.6 Å². The number of rotatable bonds is 8. The van der Waals surface area contributed by atoms with Crippen LogP contribution in [-0.2, 0) is 23.6 Å². The summed E-state index contributed by atoms with van der Waals surface area (Å²) in [6, 6.07) is 14.1. The number of hydrogen-bond acceptors (Lipinski definition) is 5. The van der Waals surface area contributed by atoms with Crippen LogP contribution in [0.15, 0.2) is 47.4 Å². The second-order valence-electron chi connectivity index (χ2n) is 10.1. The Labute approximate surface area is 211 Å². The number of nitrogens with one attached hydrogen (secondary N) is 2. The fraction of sp³-hybridized carbons (Fsp3) is 0.500. The highest BCUT2D eigenvalue weighted by Crippen LogP contribution is 2.35. The van der Waals surface area contributed by atoms with E-state index in [1.165, 1.54) is 43.2 Å². The normalized spacial score (nSPS) is 22.8. The van der Waals surface area contributed by atoms with Crippen LogP contribution in [0.5, 0.6) is 0 Å². The lowest BCUT2D eigenvalue weighted by Crippen LogP contribution is -2.54. The maximum Gasteiger partial charge on any atom is 0.255 e. The first kappa shape index (κ1) is 24.3. The second kappa shape index (κ2) is 11.1. The Morgan fingerprint density at radius 3 is 2.51 bits per heavy atom. The van der Waals surface area contributed by atoms with E-state index in [9.17, 15) is 14.7 Å². The van der Waals surface area contributed by atoms with E-state index in [0.29, 0.717) is 24.9 Å². The van der Waals surface area contributed by atoms with Crippen molar-refractivity contribution >= 4 is 23.6 Å². The summed E-state index contributed by atoms with van der Waals surface area (Å²) < 4.78 is 0. The second-order valence-corrected chi connectivity index (χ2v) is 11.1. The van der Waals surface area contributed by atoms with Crippen molar-refractivity contribution in [2.24, 2.45) is 5.92 Å². The van der Waals surface area contributed by atoms with Crippen molar-refractivity contribution in [2.75, 3.05) is 6.54 Å². The van der Waals surface area contributed by atoms with Crippen molar-refractivity contribution in [1.82, 2.24) is 15.5 Å². The smallest absolute Gasteiger partial charge is 0.255 e. The fourth-order valence-corrected chi connectivity index (χ4v) is 6.55. The van der Waals surface area contributed by atoms with Gasteiger partial charge in [-0.3, -0.25) is 9.59 Å². The monoisotopic (exact) mass is 493 g/mol. The van der Waals surface area contributed by atoms with Gasteiger partial charge in [0, 0.05) is 29.3 Å². The number of fused-ring (bicyclic) bond motifs is 1. The molecule has 0 aromatic heterocycles. The lowest BCUT2D eigenvalue weighted by Gasteiger charge is -2.32. The summed E-state index contributed by atoms with van der Waals surface area (Å²) in [6.07, 6.45) is 7.04. The number of amides is 2. The SMILES string of the molecule is O=C1NC(O)CCC1N1Cc2c(SCc3ccc(CNCC4CCCCC4)cc3)cccc2C1=O. The molecule has 0 bridgehead atoms. The number of carbonyl (C=O) groups is 2. The molecule has 1 saturated heterocycles. The van der Waals surface area contributed by atoms with Gasteiger partial charge in [-0.1, -0.05) is 49.6 Å². The van der Waals surface area contributed by atoms with Crippen molar-refractivity contribution in [2.45, 2.75) is 81.0 Å². The molecule has 2 atom stereocenters. The zero-order valence-corrected chi connectivity index (χ0v) is 21.0. The zero-order chi connectivity index (χ0) is 24.2. The van der Waals surface area contributed by atoms with E-state index in [1.54, 1.807) is 16.7 Å². The van der Waals surface area contributed by atoms with E-state index in [4.69, 9.17) is 0 Å². The first-order valence-corrected chi connectivity index (χ1v) is 13.9. The van der Waals surface area contributed by atoms with Gasteiger partial charge >= 0.3 is 0 Å². The van der Waals surface area contributed by atoms with E-state index in [-0.39, 0.29) is 11.8 Å². The number of thioether (sulfide) groups is 1. The summed E-state index contributed by atoms with van der Waals surface area (Å²) in [5, 5.41) is 15.9. The van der Waals surface area contributed by atoms with Gasteiger partial charge in [-0.25, -0.2) is 0 Å². The number of aliphatic hydroxyl groups excluding tert-OH is 1. The maximum atomic E-state index is 13.0. The van der Waals surface area contributed by atoms with Crippen LogP contribution in [0.2, 0.25) is 0 Å². The van der Waals surface area contributed by atoms with Crippen LogP contribution >= 0.6 is 11.8 Å². The molecule has 2 unspecified atom stereocenters. The quantitative estimate of drug-likeness (QED) is 0.480. The molecule has 5 rings (SSSR count). The Hall–Kier alpha value is -2.35. The molecule has 3 N–H and O–H groups in total. The Balaban J connectivity index is 1.16. The van der Waals surface area contributed by atoms with Gasteiger partial charge in [0.15, 0.2) is 0 Å². The molecular weight excluding hydrogens is 458 g/mol. The van der Waals surface area contributed by atoms with Gasteiger partial charge in [0.2, 0.25) is 5.91 Å². The molecule has 1 aliphatic carbocycles. The van der Waals surface area contributed by atoms with Crippen LogP contribution in [0.4, 0.5) is 0 Å². The van der Waals surface area contributed by atoms with Crippen molar-refractivity contribution < 1.29 is 14.7 Å². The topological polar surface area (TPSA) is 81.7 Å². The standard InChI is InChI=1S/C28H35N3O3S/c32-26-14-13-24(27(33)30-26)31-17-23-22(28(31)34)7-4-8-25(23)35-18-21-11-9-20(10-12-21)16-29-15-19-5-2-1-3-6-19/h4,7-12,19,24,26,29,32H,1-3,5-6,13-18H2,(H,30,33). The van der Waals surface area contributed by atoms with Crippen molar-refractivity contribution in [3.8, 4) is 0 Å². The van der Waals surface area contributed by atoms with Crippen LogP contribution in [0.3, 0.4) is 0 Å². The minimum Gasteiger partial charge on any atom is -0.374 e. The highest BCUT2D eigenvalue weighted by molar-refractivity contribution is 7.98. The lowest BCUT2D eigenvalue weighted by molar-refractivity contribution is -0.132. The number of carbonyl (C=O) groups excluding carboxylic acids is 2. The van der Waals surface area contributed by atoms with Gasteiger partial charge in [-0.15, -0.1) is 11.8 Å². The molecule has 6 nitrogen and oxygen atoms in total. The minimum atomic E-state index is -0.816. The molecule has 2 aliphatic heterocycles. The van der Waals surface area contributed by atoms with E-state index in [2.05, 4.69) is 41.0 Å². The summed E-state index contributed by atoms with van der Waals surface area (Å²) in [5.74, 6) is 1.31. The van der Waals surface area contributed by atoms with Gasteiger partial charge in [-0.05, 0) is 67.0 Å². The third-order valence-electron chi connectivity index (χ3n) is 7.56. The number of hydrogen-bond donors (Lipinski definition) is 3. The molecule has 7 heteroatoms. The summed E-state index contributed by atoms with van der Waals surface area (Å²) in [5.41, 5.74) is 4.26. The third-order valence-corrected chi connectivity index (χ3v) is 8.73. The largest absolute Gasteiger partial charge is 0.374 e. The van der Waals surface area contributed by atoms with Gasteiger partial charge in [0.1, 0.15) is 12.3 Å². The molecule has 2 aromatic carbocycles. The number of benzene rings is 2. The molecule has 2 aromatic rings. The molecule has 186 valence electrons. The Kier molecular flexibility index (Phi) is 7.75. The van der Waals surface area contributed by atoms with Crippen molar-refractivity contribution in [3.63, 3.8) is 0 Å². The van der Waals surface area contributed by atoms with E-state index in [1.807, 2.05) is 12.1 Å². The molecule has 35 heavy (non-hydrogen) atoms. The Bertz CT molecular complexity index is 1050. The van der Waals surface area contributed by atoms with Crippen molar-refractivity contribution in [1.29, 1.82) is 0 Å². The lowest BCUT2D eigenvalue weighted by atomic mass is 9.89. The van der Waals surface area contributed by atoms with Crippen LogP contribution in [0, 0.1) is 5.92 Å². The average Bonchev–Trinajstić information content (AvgIpc) is 3.21. The van der Waals surface area contributed by atoms with Gasteiger partial charge in [0.05, 0.1) is 0 Å². The van der Waals surface area contributed by atoms with E-state index >= 15 is 0 Å². The Morgan fingerprint density at radius 2 is 1.74 bits per heavy atom. The minimum absolute atomic E-state index is 0.0935. The number of aliphatic hydroxyl groups is 1. The number of nitrogens with zero attached hydrogens (tertiary/aromatic N) is 1. The first-order chi connectivity index (χ1) is 17.1. The molecule has 2 fully saturated rings. The highest BCUT2D eigenvalue weighted by atomic mass is 32.2. The highest BCUT2D eigenvalue weighted by Gasteiger charge is 2.39. The first-order valence-electron chi connectivity index (χ1n) is 12.9. The van der Waals surface area contributed by atoms with E-state index < -0.39 is 12.3 Å². The zero-order valence-electron chi connectivity index (χ0n) is 20.2. The van der Waals surface area contributed by atoms with Gasteiger partial charge in [-0.2, -0.15) is 0 Å². The molecule has 2 heterocycles. The molecule has 2 amide bonds. The summed E-state index contributed by atoms with van der Waals surface area (Å²) in [6.45, 7) is 2.48. The predicted molar refractivity (Wildman–Crippen MR) is 138 cm³/mol. The molecular formula is C28H35N3O3S. The molecule has 3 aliphatic rings. The summed E-state index contributed by atoms with van der Waals surface area (Å²) in [4.78, 5) is 28.2. The summed E-state index contributed by atoms with van der Waals surface area (Å²) in [7, 11) is 0. The predicted octanol–water partition coefficient (Wildman–Crippen LogP) is 4.20. The fourth-order valence-electron chi connectivity index (χ4n) is 5.52. The summed E-state index contributed by atoms with van der Waals surface area (Å²) >= 11 is 1.74. The molecule has 1 saturated carbocycles. The Morgan fingerprint density at radius 1 is 0.971 bits per heavy atom.